The number of fused-ring (bicyclic) bond motifs is 3. The number of hydrogen-bond acceptors (Lipinski definition) is 10. The average molecular weight is 592 g/mol. The molecule has 0 bridgehead atoms. The number of rotatable bonds is 6. The molecule has 2 aromatic carbocycles. The first kappa shape index (κ1) is 26.9. The van der Waals surface area contributed by atoms with Gasteiger partial charge in [0.15, 0.2) is 11.4 Å². The van der Waals surface area contributed by atoms with Crippen LogP contribution in [0.25, 0.3) is 0 Å². The molecule has 2 unspecified atom stereocenters. The maximum absolute atomic E-state index is 14.4. The zero-order valence-electron chi connectivity index (χ0n) is 23.0. The number of hydrogen-bond donors (Lipinski definition) is 1. The second-order valence-electron chi connectivity index (χ2n) is 10.6. The highest BCUT2D eigenvalue weighted by molar-refractivity contribution is 7.98. The van der Waals surface area contributed by atoms with Gasteiger partial charge in [-0.15, -0.1) is 11.8 Å². The molecule has 3 aliphatic heterocycles. The van der Waals surface area contributed by atoms with Crippen LogP contribution in [0.1, 0.15) is 38.7 Å². The summed E-state index contributed by atoms with van der Waals surface area (Å²) >= 11 is 1.82. The Hall–Kier alpha value is -4.00. The fourth-order valence-corrected chi connectivity index (χ4v) is 7.68. The molecular formula is C30H29N3O8S. The van der Waals surface area contributed by atoms with Crippen LogP contribution in [0, 0.1) is 0 Å². The van der Waals surface area contributed by atoms with E-state index >= 15 is 0 Å². The molecule has 12 heteroatoms. The summed E-state index contributed by atoms with van der Waals surface area (Å²) in [5.74, 6) is 0.0826. The number of aromatic nitrogens is 1. The van der Waals surface area contributed by atoms with E-state index in [2.05, 4.69) is 52.6 Å². The smallest absolute Gasteiger partial charge is 0.451 e. The minimum atomic E-state index is -0.969. The van der Waals surface area contributed by atoms with Crippen LogP contribution in [0.5, 0.6) is 5.75 Å². The van der Waals surface area contributed by atoms with Crippen molar-refractivity contribution in [2.24, 2.45) is 0 Å². The van der Waals surface area contributed by atoms with Gasteiger partial charge in [0.25, 0.3) is 5.91 Å². The summed E-state index contributed by atoms with van der Waals surface area (Å²) in [6.07, 6.45) is 0.997. The van der Waals surface area contributed by atoms with Gasteiger partial charge in [0.05, 0.1) is 32.3 Å². The molecular weight excluding hydrogens is 562 g/mol. The summed E-state index contributed by atoms with van der Waals surface area (Å²) in [7, 11) is 2.74. The predicted molar refractivity (Wildman–Crippen MR) is 151 cm³/mol. The lowest BCUT2D eigenvalue weighted by Crippen LogP contribution is -2.66. The van der Waals surface area contributed by atoms with Crippen LogP contribution in [0.2, 0.25) is 0 Å². The van der Waals surface area contributed by atoms with Crippen molar-refractivity contribution < 1.29 is 33.3 Å². The summed E-state index contributed by atoms with van der Waals surface area (Å²) in [6, 6.07) is 15.7. The second-order valence-corrected chi connectivity index (χ2v) is 11.6. The number of pyridine rings is 1. The van der Waals surface area contributed by atoms with E-state index in [0.29, 0.717) is 0 Å². The number of nitrogens with zero attached hydrogens (tertiary/aromatic N) is 2. The highest BCUT2D eigenvalue weighted by Crippen LogP contribution is 2.62. The first-order valence-corrected chi connectivity index (χ1v) is 14.6. The summed E-state index contributed by atoms with van der Waals surface area (Å²) in [5, 5.41) is 0. The normalized spacial score (nSPS) is 25.0. The van der Waals surface area contributed by atoms with Crippen molar-refractivity contribution in [1.82, 2.24) is 9.58 Å². The van der Waals surface area contributed by atoms with E-state index in [4.69, 9.17) is 18.9 Å². The van der Waals surface area contributed by atoms with Crippen molar-refractivity contribution in [3.8, 4) is 5.75 Å². The predicted octanol–water partition coefficient (Wildman–Crippen LogP) is 3.07. The molecule has 1 spiro atoms. The van der Waals surface area contributed by atoms with Gasteiger partial charge in [-0.3, -0.25) is 19.7 Å². The van der Waals surface area contributed by atoms with E-state index in [1.165, 1.54) is 38.5 Å². The number of methoxy groups -OCH3 is 2. The van der Waals surface area contributed by atoms with Crippen LogP contribution in [0.4, 0.5) is 4.79 Å². The third-order valence-corrected chi connectivity index (χ3v) is 9.54. The number of amides is 1. The Morgan fingerprint density at radius 1 is 1.12 bits per heavy atom. The van der Waals surface area contributed by atoms with Gasteiger partial charge in [0, 0.05) is 30.0 Å². The molecule has 1 saturated carbocycles. The Morgan fingerprint density at radius 2 is 1.95 bits per heavy atom. The van der Waals surface area contributed by atoms with E-state index < -0.39 is 36.0 Å². The first-order valence-electron chi connectivity index (χ1n) is 13.6. The third kappa shape index (κ3) is 4.08. The molecule has 4 aliphatic rings. The maximum atomic E-state index is 14.4. The number of morpholine rings is 1. The largest absolute Gasteiger partial charge is 0.510 e. The second kappa shape index (κ2) is 10.4. The number of nitrogens with one attached hydrogen (secondary N) is 1. The van der Waals surface area contributed by atoms with Gasteiger partial charge >= 0.3 is 6.16 Å². The van der Waals surface area contributed by atoms with E-state index in [-0.39, 0.29) is 36.7 Å². The third-order valence-electron chi connectivity index (χ3n) is 8.39. The molecule has 218 valence electrons. The quantitative estimate of drug-likeness (QED) is 0.339. The van der Waals surface area contributed by atoms with Crippen molar-refractivity contribution in [3.05, 3.63) is 92.9 Å². The highest BCUT2D eigenvalue weighted by atomic mass is 32.2. The van der Waals surface area contributed by atoms with Crippen molar-refractivity contribution in [2.75, 3.05) is 39.7 Å². The number of carbonyl (C=O) groups excluding carboxylic acids is 2. The van der Waals surface area contributed by atoms with Crippen molar-refractivity contribution in [1.29, 1.82) is 0 Å². The molecule has 1 amide bonds. The fourth-order valence-electron chi connectivity index (χ4n) is 6.55. The number of ether oxygens (including phenoxy) is 5. The van der Waals surface area contributed by atoms with Crippen molar-refractivity contribution in [2.45, 2.75) is 40.8 Å². The lowest BCUT2D eigenvalue weighted by molar-refractivity contribution is -0.0577. The minimum Gasteiger partial charge on any atom is -0.451 e. The Kier molecular flexibility index (Phi) is 6.63. The van der Waals surface area contributed by atoms with Gasteiger partial charge in [-0.05, 0) is 34.7 Å². The molecule has 4 heterocycles. The van der Waals surface area contributed by atoms with Crippen LogP contribution < -0.4 is 15.6 Å². The van der Waals surface area contributed by atoms with Crippen LogP contribution in [0.15, 0.2) is 64.4 Å². The van der Waals surface area contributed by atoms with Crippen LogP contribution in [0.3, 0.4) is 0 Å². The average Bonchev–Trinajstić information content (AvgIpc) is 3.69. The molecule has 1 aromatic heterocycles. The van der Waals surface area contributed by atoms with Crippen molar-refractivity contribution in [3.63, 3.8) is 0 Å². The number of thioether (sulfide) groups is 1. The zero-order valence-corrected chi connectivity index (χ0v) is 23.8. The van der Waals surface area contributed by atoms with Gasteiger partial charge < -0.3 is 28.6 Å². The number of carbonyl (C=O) groups is 2. The Morgan fingerprint density at radius 3 is 2.76 bits per heavy atom. The molecule has 2 fully saturated rings. The lowest BCUT2D eigenvalue weighted by atomic mass is 9.94. The fraction of sp³-hybridized carbons (Fsp3) is 0.367. The molecule has 1 aliphatic carbocycles. The van der Waals surface area contributed by atoms with Crippen LogP contribution >= 0.6 is 11.8 Å². The topological polar surface area (TPSA) is 118 Å². The summed E-state index contributed by atoms with van der Waals surface area (Å²) < 4.78 is 28.3. The standard InChI is InChI=1S/C30H29N3O8S/c1-37-13-19-14-39-27-24(20-8-5-9-23-21(20)12-17-6-3-4-7-18(17)15-42-23)30(27)31-32-11-10-22(34)26(25(32)28(35)33(19)30)40-16-41-29(36)38-2/h3-11,19,24,27,31H,12-16H2,1-2H3/t19?,24?,27-,30+/m0/s1. The van der Waals surface area contributed by atoms with Gasteiger partial charge in [0.1, 0.15) is 6.10 Å². The van der Waals surface area contributed by atoms with E-state index in [1.54, 1.807) is 12.0 Å². The zero-order chi connectivity index (χ0) is 29.0. The monoisotopic (exact) mass is 591 g/mol. The first-order chi connectivity index (χ1) is 20.5. The molecule has 1 N–H and O–H groups in total. The van der Waals surface area contributed by atoms with Gasteiger partial charge in [-0.25, -0.2) is 4.79 Å². The number of benzene rings is 2. The van der Waals surface area contributed by atoms with E-state index in [0.717, 1.165) is 24.8 Å². The van der Waals surface area contributed by atoms with Gasteiger partial charge in [-0.1, -0.05) is 36.4 Å². The molecule has 4 atom stereocenters. The van der Waals surface area contributed by atoms with Gasteiger partial charge in [0.2, 0.25) is 18.0 Å². The molecule has 42 heavy (non-hydrogen) atoms. The minimum absolute atomic E-state index is 0.00497. The van der Waals surface area contributed by atoms with E-state index in [1.807, 2.05) is 11.8 Å². The van der Waals surface area contributed by atoms with Crippen LogP contribution in [-0.4, -0.2) is 73.7 Å². The molecule has 0 radical (unpaired) electrons. The summed E-state index contributed by atoms with van der Waals surface area (Å²) in [6.45, 7) is -0.0819. The Bertz CT molecular complexity index is 1640. The Balaban J connectivity index is 1.31. The summed E-state index contributed by atoms with van der Waals surface area (Å²) in [4.78, 5) is 41.6. The Labute approximate surface area is 245 Å². The molecule has 1 saturated heterocycles. The van der Waals surface area contributed by atoms with Crippen LogP contribution in [-0.2, 0) is 31.1 Å². The molecule has 7 rings (SSSR count). The molecule has 11 nitrogen and oxygen atoms in total. The molecule has 3 aromatic rings. The SMILES string of the molecule is COCC1CO[C@H]2C(c3cccc4c3Cc3ccccc3CS4)[C@]23Nn2ccc(=O)c(OCOC(=O)OC)c2C(=O)N13. The highest BCUT2D eigenvalue weighted by Gasteiger charge is 2.76. The maximum Gasteiger partial charge on any atom is 0.510 e. The van der Waals surface area contributed by atoms with Gasteiger partial charge in [-0.2, -0.15) is 0 Å². The van der Waals surface area contributed by atoms with E-state index in [9.17, 15) is 14.4 Å². The van der Waals surface area contributed by atoms with Crippen molar-refractivity contribution >= 4 is 23.8 Å². The summed E-state index contributed by atoms with van der Waals surface area (Å²) in [5.41, 5.74) is 7.06. The lowest BCUT2D eigenvalue weighted by Gasteiger charge is -2.46.